The fraction of sp³-hybridized carbons (Fsp3) is 0.250. The highest BCUT2D eigenvalue weighted by Gasteiger charge is 2.18. The molecule has 0 fully saturated rings. The van der Waals surface area contributed by atoms with E-state index in [2.05, 4.69) is 10.6 Å². The molecule has 0 saturated carbocycles. The van der Waals surface area contributed by atoms with Gasteiger partial charge in [0, 0.05) is 24.5 Å². The van der Waals surface area contributed by atoms with Crippen LogP contribution in [0.15, 0.2) is 46.7 Å². The van der Waals surface area contributed by atoms with Crippen LogP contribution in [-0.4, -0.2) is 45.2 Å². The monoisotopic (exact) mass is 381 g/mol. The molecule has 9 heteroatoms. The lowest BCUT2D eigenvalue weighted by molar-refractivity contribution is -0.120. The Morgan fingerprint density at radius 1 is 1.12 bits per heavy atom. The van der Waals surface area contributed by atoms with Crippen molar-refractivity contribution in [1.29, 1.82) is 0 Å². The number of hydrogen-bond donors (Lipinski definition) is 2. The first-order chi connectivity index (χ1) is 11.8. The Labute approximate surface area is 150 Å². The molecule has 7 nitrogen and oxygen atoms in total. The maximum absolute atomic E-state index is 12.1. The molecule has 0 bridgehead atoms. The third-order valence-electron chi connectivity index (χ3n) is 3.32. The summed E-state index contributed by atoms with van der Waals surface area (Å²) >= 11 is 1.53. The summed E-state index contributed by atoms with van der Waals surface area (Å²) in [5.41, 5.74) is 0.175. The van der Waals surface area contributed by atoms with Crippen molar-refractivity contribution in [3.05, 3.63) is 52.2 Å². The largest absolute Gasteiger partial charge is 0.350 e. The lowest BCUT2D eigenvalue weighted by Crippen LogP contribution is -2.36. The van der Waals surface area contributed by atoms with Gasteiger partial charge in [-0.05, 0) is 29.6 Å². The number of rotatable bonds is 7. The number of thiophene rings is 1. The summed E-state index contributed by atoms with van der Waals surface area (Å²) in [4.78, 5) is 24.9. The van der Waals surface area contributed by atoms with Crippen LogP contribution in [0.5, 0.6) is 0 Å². The number of amides is 2. The lowest BCUT2D eigenvalue weighted by atomic mass is 10.2. The third kappa shape index (κ3) is 5.12. The number of carbonyl (C=O) groups is 2. The molecule has 2 amide bonds. The number of benzene rings is 1. The average molecular weight is 381 g/mol. The molecule has 0 aliphatic rings. The van der Waals surface area contributed by atoms with Crippen LogP contribution in [-0.2, 0) is 21.4 Å². The predicted octanol–water partition coefficient (Wildman–Crippen LogP) is 1.04. The molecule has 0 unspecified atom stereocenters. The minimum atomic E-state index is -3.62. The van der Waals surface area contributed by atoms with Crippen molar-refractivity contribution >= 4 is 33.2 Å². The highest BCUT2D eigenvalue weighted by atomic mass is 32.2. The first-order valence-corrected chi connectivity index (χ1v) is 9.72. The normalized spacial score (nSPS) is 11.3. The van der Waals surface area contributed by atoms with Gasteiger partial charge in [-0.1, -0.05) is 12.1 Å². The number of sulfonamides is 1. The van der Waals surface area contributed by atoms with Gasteiger partial charge < -0.3 is 10.6 Å². The predicted molar refractivity (Wildman–Crippen MR) is 95.8 cm³/mol. The first-order valence-electron chi connectivity index (χ1n) is 7.40. The molecule has 0 atom stereocenters. The van der Waals surface area contributed by atoms with Crippen LogP contribution in [0.4, 0.5) is 0 Å². The van der Waals surface area contributed by atoms with E-state index in [0.29, 0.717) is 6.54 Å². The molecule has 1 aromatic carbocycles. The minimum absolute atomic E-state index is 0.0206. The van der Waals surface area contributed by atoms with Crippen molar-refractivity contribution in [3.63, 3.8) is 0 Å². The van der Waals surface area contributed by atoms with Crippen molar-refractivity contribution < 1.29 is 18.0 Å². The minimum Gasteiger partial charge on any atom is -0.350 e. The fourth-order valence-electron chi connectivity index (χ4n) is 1.93. The quantitative estimate of drug-likeness (QED) is 0.749. The van der Waals surface area contributed by atoms with Crippen molar-refractivity contribution in [2.45, 2.75) is 11.4 Å². The van der Waals surface area contributed by atoms with E-state index in [9.17, 15) is 18.0 Å². The van der Waals surface area contributed by atoms with Crippen LogP contribution in [0.25, 0.3) is 0 Å². The van der Waals surface area contributed by atoms with Crippen LogP contribution < -0.4 is 10.6 Å². The summed E-state index contributed by atoms with van der Waals surface area (Å²) in [6, 6.07) is 9.48. The summed E-state index contributed by atoms with van der Waals surface area (Å²) < 4.78 is 25.3. The molecule has 0 radical (unpaired) electrons. The van der Waals surface area contributed by atoms with Gasteiger partial charge in [0.2, 0.25) is 15.9 Å². The molecule has 0 aliphatic heterocycles. The van der Waals surface area contributed by atoms with Crippen LogP contribution in [0, 0.1) is 0 Å². The van der Waals surface area contributed by atoms with Gasteiger partial charge in [0.05, 0.1) is 18.0 Å². The van der Waals surface area contributed by atoms with Crippen molar-refractivity contribution in [3.8, 4) is 0 Å². The maximum atomic E-state index is 12.1. The van der Waals surface area contributed by atoms with E-state index in [1.165, 1.54) is 49.7 Å². The molecule has 0 saturated heterocycles. The molecule has 2 N–H and O–H groups in total. The Morgan fingerprint density at radius 3 is 2.52 bits per heavy atom. The van der Waals surface area contributed by atoms with Crippen LogP contribution in [0.1, 0.15) is 15.2 Å². The topological polar surface area (TPSA) is 95.6 Å². The highest BCUT2D eigenvalue weighted by molar-refractivity contribution is 7.89. The summed E-state index contributed by atoms with van der Waals surface area (Å²) in [5.74, 6) is -0.833. The zero-order chi connectivity index (χ0) is 18.4. The van der Waals surface area contributed by atoms with Gasteiger partial charge in [0.25, 0.3) is 5.91 Å². The van der Waals surface area contributed by atoms with E-state index in [4.69, 9.17) is 0 Å². The Balaban J connectivity index is 1.93. The summed E-state index contributed by atoms with van der Waals surface area (Å²) in [6.07, 6.45) is 0. The molecular weight excluding hydrogens is 362 g/mol. The number of hydrogen-bond acceptors (Lipinski definition) is 5. The number of carbonyl (C=O) groups excluding carboxylic acids is 2. The zero-order valence-electron chi connectivity index (χ0n) is 13.9. The van der Waals surface area contributed by atoms with E-state index in [0.717, 1.165) is 9.18 Å². The maximum Gasteiger partial charge on any atom is 0.251 e. The van der Waals surface area contributed by atoms with Crippen molar-refractivity contribution in [2.75, 3.05) is 20.6 Å². The van der Waals surface area contributed by atoms with Crippen LogP contribution in [0.3, 0.4) is 0 Å². The molecule has 1 heterocycles. The van der Waals surface area contributed by atoms with Gasteiger partial charge in [-0.3, -0.25) is 9.59 Å². The van der Waals surface area contributed by atoms with E-state index in [1.54, 1.807) is 0 Å². The molecule has 0 spiro atoms. The SMILES string of the molecule is CN(C)S(=O)(=O)c1cccc(C(=O)NCC(=O)NCc2cccs2)c1. The van der Waals surface area contributed by atoms with Crippen molar-refractivity contribution in [2.24, 2.45) is 0 Å². The van der Waals surface area contributed by atoms with Gasteiger partial charge in [0.1, 0.15) is 0 Å². The molecule has 2 rings (SSSR count). The fourth-order valence-corrected chi connectivity index (χ4v) is 3.53. The zero-order valence-corrected chi connectivity index (χ0v) is 15.5. The molecule has 2 aromatic rings. The standard InChI is InChI=1S/C16H19N3O4S2/c1-19(2)25(22,23)14-7-3-5-12(9-14)16(21)18-11-15(20)17-10-13-6-4-8-24-13/h3-9H,10-11H2,1-2H3,(H,17,20)(H,18,21). The smallest absolute Gasteiger partial charge is 0.251 e. The number of nitrogens with zero attached hydrogens (tertiary/aromatic N) is 1. The molecule has 134 valence electrons. The van der Waals surface area contributed by atoms with Gasteiger partial charge in [-0.25, -0.2) is 12.7 Å². The Hall–Kier alpha value is -2.23. The Kier molecular flexibility index (Phi) is 6.29. The van der Waals surface area contributed by atoms with E-state index in [1.807, 2.05) is 17.5 Å². The van der Waals surface area contributed by atoms with E-state index < -0.39 is 15.9 Å². The van der Waals surface area contributed by atoms with Gasteiger partial charge in [-0.2, -0.15) is 0 Å². The second-order valence-electron chi connectivity index (χ2n) is 5.35. The van der Waals surface area contributed by atoms with E-state index >= 15 is 0 Å². The van der Waals surface area contributed by atoms with E-state index in [-0.39, 0.29) is 22.9 Å². The number of nitrogens with one attached hydrogen (secondary N) is 2. The van der Waals surface area contributed by atoms with Crippen LogP contribution in [0.2, 0.25) is 0 Å². The summed E-state index contributed by atoms with van der Waals surface area (Å²) in [5, 5.41) is 7.09. The Bertz CT molecular complexity index is 846. The summed E-state index contributed by atoms with van der Waals surface area (Å²) in [7, 11) is -0.789. The summed E-state index contributed by atoms with van der Waals surface area (Å²) in [6.45, 7) is 0.220. The van der Waals surface area contributed by atoms with Gasteiger partial charge in [0.15, 0.2) is 0 Å². The van der Waals surface area contributed by atoms with Gasteiger partial charge >= 0.3 is 0 Å². The second-order valence-corrected chi connectivity index (χ2v) is 8.54. The molecule has 1 aromatic heterocycles. The van der Waals surface area contributed by atoms with Gasteiger partial charge in [-0.15, -0.1) is 11.3 Å². The van der Waals surface area contributed by atoms with Crippen LogP contribution >= 0.6 is 11.3 Å². The highest BCUT2D eigenvalue weighted by Crippen LogP contribution is 2.14. The Morgan fingerprint density at radius 2 is 1.88 bits per heavy atom. The molecular formula is C16H19N3O4S2. The molecule has 0 aliphatic carbocycles. The third-order valence-corrected chi connectivity index (χ3v) is 6.01. The molecule has 25 heavy (non-hydrogen) atoms. The second kappa shape index (κ2) is 8.24. The van der Waals surface area contributed by atoms with Crippen molar-refractivity contribution in [1.82, 2.24) is 14.9 Å². The average Bonchev–Trinajstić information content (AvgIpc) is 3.11. The lowest BCUT2D eigenvalue weighted by Gasteiger charge is -2.12. The first kappa shape index (κ1) is 19.1.